The zero-order valence-electron chi connectivity index (χ0n) is 12.3. The molecule has 19 heavy (non-hydrogen) atoms. The highest BCUT2D eigenvalue weighted by molar-refractivity contribution is 5.43. The SMILES string of the molecule is CCCCN(C)CC(O)c1ccc(OC)c(OC)c1. The Morgan fingerprint density at radius 1 is 1.21 bits per heavy atom. The van der Waals surface area contributed by atoms with E-state index in [1.165, 1.54) is 0 Å². The van der Waals surface area contributed by atoms with Crippen LogP contribution in [0.5, 0.6) is 11.5 Å². The number of benzene rings is 1. The van der Waals surface area contributed by atoms with E-state index < -0.39 is 6.10 Å². The van der Waals surface area contributed by atoms with Crippen LogP contribution in [-0.2, 0) is 0 Å². The maximum atomic E-state index is 10.2. The van der Waals surface area contributed by atoms with Gasteiger partial charge in [0.1, 0.15) is 0 Å². The number of methoxy groups -OCH3 is 2. The molecule has 0 amide bonds. The van der Waals surface area contributed by atoms with E-state index in [9.17, 15) is 5.11 Å². The topological polar surface area (TPSA) is 41.9 Å². The maximum absolute atomic E-state index is 10.2. The molecule has 0 saturated carbocycles. The molecule has 1 N–H and O–H groups in total. The van der Waals surface area contributed by atoms with Crippen LogP contribution < -0.4 is 9.47 Å². The number of aliphatic hydroxyl groups is 1. The minimum absolute atomic E-state index is 0.512. The fourth-order valence-corrected chi connectivity index (χ4v) is 1.98. The van der Waals surface area contributed by atoms with Gasteiger partial charge in [0, 0.05) is 6.54 Å². The van der Waals surface area contributed by atoms with Crippen LogP contribution in [0.2, 0.25) is 0 Å². The predicted octanol–water partition coefficient (Wildman–Crippen LogP) is 2.47. The second-order valence-electron chi connectivity index (χ2n) is 4.75. The first-order chi connectivity index (χ1) is 9.12. The van der Waals surface area contributed by atoms with Gasteiger partial charge in [0.15, 0.2) is 11.5 Å². The van der Waals surface area contributed by atoms with Crippen LogP contribution in [0.4, 0.5) is 0 Å². The van der Waals surface area contributed by atoms with E-state index in [1.54, 1.807) is 14.2 Å². The van der Waals surface area contributed by atoms with Gasteiger partial charge in [-0.1, -0.05) is 19.4 Å². The van der Waals surface area contributed by atoms with Gasteiger partial charge in [0.25, 0.3) is 0 Å². The summed E-state index contributed by atoms with van der Waals surface area (Å²) < 4.78 is 10.4. The summed E-state index contributed by atoms with van der Waals surface area (Å²) in [5.41, 5.74) is 0.848. The molecule has 1 unspecified atom stereocenters. The van der Waals surface area contributed by atoms with Crippen LogP contribution in [-0.4, -0.2) is 44.4 Å². The summed E-state index contributed by atoms with van der Waals surface area (Å²) in [5.74, 6) is 1.33. The van der Waals surface area contributed by atoms with E-state index >= 15 is 0 Å². The number of rotatable bonds is 8. The first kappa shape index (κ1) is 15.8. The van der Waals surface area contributed by atoms with Gasteiger partial charge in [-0.15, -0.1) is 0 Å². The van der Waals surface area contributed by atoms with Crippen LogP contribution in [0.25, 0.3) is 0 Å². The highest BCUT2D eigenvalue weighted by Gasteiger charge is 2.13. The van der Waals surface area contributed by atoms with E-state index in [0.717, 1.165) is 24.9 Å². The number of hydrogen-bond acceptors (Lipinski definition) is 4. The third kappa shape index (κ3) is 4.73. The van der Waals surface area contributed by atoms with Crippen molar-refractivity contribution >= 4 is 0 Å². The van der Waals surface area contributed by atoms with Crippen molar-refractivity contribution in [2.45, 2.75) is 25.9 Å². The van der Waals surface area contributed by atoms with Gasteiger partial charge in [0.05, 0.1) is 20.3 Å². The Morgan fingerprint density at radius 3 is 2.47 bits per heavy atom. The molecule has 4 heteroatoms. The van der Waals surface area contributed by atoms with E-state index in [1.807, 2.05) is 25.2 Å². The highest BCUT2D eigenvalue weighted by Crippen LogP contribution is 2.30. The number of hydrogen-bond donors (Lipinski definition) is 1. The molecule has 0 heterocycles. The van der Waals surface area contributed by atoms with Crippen molar-refractivity contribution < 1.29 is 14.6 Å². The normalized spacial score (nSPS) is 12.5. The molecule has 0 spiro atoms. The molecule has 1 aromatic carbocycles. The standard InChI is InChI=1S/C15H25NO3/c1-5-6-9-16(2)11-13(17)12-7-8-14(18-3)15(10-12)19-4/h7-8,10,13,17H,5-6,9,11H2,1-4H3. The molecule has 108 valence electrons. The fourth-order valence-electron chi connectivity index (χ4n) is 1.98. The van der Waals surface area contributed by atoms with Crippen molar-refractivity contribution in [1.29, 1.82) is 0 Å². The van der Waals surface area contributed by atoms with Crippen LogP contribution in [0.1, 0.15) is 31.4 Å². The predicted molar refractivity (Wildman–Crippen MR) is 76.9 cm³/mol. The summed E-state index contributed by atoms with van der Waals surface area (Å²) in [7, 11) is 5.23. The lowest BCUT2D eigenvalue weighted by molar-refractivity contribution is 0.126. The summed E-state index contributed by atoms with van der Waals surface area (Å²) in [6, 6.07) is 5.53. The lowest BCUT2D eigenvalue weighted by atomic mass is 10.1. The van der Waals surface area contributed by atoms with Crippen molar-refractivity contribution in [2.24, 2.45) is 0 Å². The molecule has 0 aliphatic carbocycles. The second-order valence-corrected chi connectivity index (χ2v) is 4.75. The average molecular weight is 267 g/mol. The third-order valence-corrected chi connectivity index (χ3v) is 3.17. The zero-order chi connectivity index (χ0) is 14.3. The van der Waals surface area contributed by atoms with Crippen molar-refractivity contribution in [1.82, 2.24) is 4.90 Å². The van der Waals surface area contributed by atoms with Gasteiger partial charge >= 0.3 is 0 Å². The molecule has 1 rings (SSSR count). The number of aliphatic hydroxyl groups excluding tert-OH is 1. The number of likely N-dealkylation sites (N-methyl/N-ethyl adjacent to an activating group) is 1. The first-order valence-electron chi connectivity index (χ1n) is 6.70. The van der Waals surface area contributed by atoms with Gasteiger partial charge in [0.2, 0.25) is 0 Å². The Hall–Kier alpha value is -1.26. The number of nitrogens with zero attached hydrogens (tertiary/aromatic N) is 1. The quantitative estimate of drug-likeness (QED) is 0.785. The Bertz CT molecular complexity index is 382. The molecule has 0 aliphatic heterocycles. The zero-order valence-corrected chi connectivity index (χ0v) is 12.3. The number of unbranched alkanes of at least 4 members (excludes halogenated alkanes) is 1. The van der Waals surface area contributed by atoms with Gasteiger partial charge in [-0.3, -0.25) is 0 Å². The fraction of sp³-hybridized carbons (Fsp3) is 0.600. The molecule has 0 aliphatic rings. The van der Waals surface area contributed by atoms with Crippen LogP contribution >= 0.6 is 0 Å². The molecular formula is C15H25NO3. The summed E-state index contributed by atoms with van der Waals surface area (Å²) in [6.45, 7) is 3.79. The molecule has 0 aromatic heterocycles. The van der Waals surface area contributed by atoms with Crippen LogP contribution in [0.3, 0.4) is 0 Å². The van der Waals surface area contributed by atoms with Gasteiger partial charge < -0.3 is 19.5 Å². The smallest absolute Gasteiger partial charge is 0.161 e. The summed E-state index contributed by atoms with van der Waals surface area (Å²) in [6.07, 6.45) is 1.80. The Labute approximate surface area is 115 Å². The summed E-state index contributed by atoms with van der Waals surface area (Å²) in [5, 5.41) is 10.2. The van der Waals surface area contributed by atoms with Crippen LogP contribution in [0.15, 0.2) is 18.2 Å². The minimum atomic E-state index is -0.512. The Kier molecular flexibility index (Phi) is 6.67. The van der Waals surface area contributed by atoms with Gasteiger partial charge in [-0.2, -0.15) is 0 Å². The Morgan fingerprint density at radius 2 is 1.89 bits per heavy atom. The van der Waals surface area contributed by atoms with Crippen molar-refractivity contribution in [3.8, 4) is 11.5 Å². The second kappa shape index (κ2) is 8.02. The first-order valence-corrected chi connectivity index (χ1v) is 6.70. The van der Waals surface area contributed by atoms with Crippen molar-refractivity contribution in [3.05, 3.63) is 23.8 Å². The number of ether oxygens (including phenoxy) is 2. The molecule has 1 aromatic rings. The minimum Gasteiger partial charge on any atom is -0.493 e. The maximum Gasteiger partial charge on any atom is 0.161 e. The lowest BCUT2D eigenvalue weighted by Crippen LogP contribution is -2.25. The molecule has 1 atom stereocenters. The average Bonchev–Trinajstić information content (AvgIpc) is 2.44. The van der Waals surface area contributed by atoms with E-state index in [2.05, 4.69) is 11.8 Å². The molecule has 0 fully saturated rings. The van der Waals surface area contributed by atoms with E-state index in [0.29, 0.717) is 18.0 Å². The van der Waals surface area contributed by atoms with Gasteiger partial charge in [-0.25, -0.2) is 0 Å². The van der Waals surface area contributed by atoms with Crippen LogP contribution in [0, 0.1) is 0 Å². The molecule has 4 nitrogen and oxygen atoms in total. The molecule has 0 radical (unpaired) electrons. The Balaban J connectivity index is 2.68. The largest absolute Gasteiger partial charge is 0.493 e. The third-order valence-electron chi connectivity index (χ3n) is 3.17. The highest BCUT2D eigenvalue weighted by atomic mass is 16.5. The van der Waals surface area contributed by atoms with Gasteiger partial charge in [-0.05, 0) is 37.7 Å². The van der Waals surface area contributed by atoms with Crippen molar-refractivity contribution in [2.75, 3.05) is 34.4 Å². The van der Waals surface area contributed by atoms with Crippen molar-refractivity contribution in [3.63, 3.8) is 0 Å². The summed E-state index contributed by atoms with van der Waals surface area (Å²) >= 11 is 0. The monoisotopic (exact) mass is 267 g/mol. The molecular weight excluding hydrogens is 242 g/mol. The van der Waals surface area contributed by atoms with E-state index in [-0.39, 0.29) is 0 Å². The molecule has 0 bridgehead atoms. The molecule has 0 saturated heterocycles. The summed E-state index contributed by atoms with van der Waals surface area (Å²) in [4.78, 5) is 2.14. The lowest BCUT2D eigenvalue weighted by Gasteiger charge is -2.21. The van der Waals surface area contributed by atoms with E-state index in [4.69, 9.17) is 9.47 Å².